The maximum absolute atomic E-state index is 12.1. The number of aryl methyl sites for hydroxylation is 1. The van der Waals surface area contributed by atoms with E-state index in [1.54, 1.807) is 6.07 Å². The molecule has 0 saturated heterocycles. The molecule has 27 heavy (non-hydrogen) atoms. The summed E-state index contributed by atoms with van der Waals surface area (Å²) in [5.74, 6) is -0.368. The smallest absolute Gasteiger partial charge is 0.406 e. The zero-order chi connectivity index (χ0) is 20.1. The Bertz CT molecular complexity index is 894. The van der Waals surface area contributed by atoms with Crippen molar-refractivity contribution in [2.75, 3.05) is 18.4 Å². The zero-order valence-corrected chi connectivity index (χ0v) is 15.7. The van der Waals surface area contributed by atoms with Crippen molar-refractivity contribution in [3.8, 4) is 5.75 Å². The lowest BCUT2D eigenvalue weighted by molar-refractivity contribution is -0.274. The Balaban J connectivity index is 1.82. The molecular formula is C15H17F3N4O3S2. The monoisotopic (exact) mass is 422 g/mol. The molecule has 2 aromatic rings. The van der Waals surface area contributed by atoms with Crippen molar-refractivity contribution < 1.29 is 26.3 Å². The Kier molecular flexibility index (Phi) is 6.68. The van der Waals surface area contributed by atoms with E-state index in [2.05, 4.69) is 19.8 Å². The molecule has 0 unspecified atom stereocenters. The molecule has 0 fully saturated rings. The predicted octanol–water partition coefficient (Wildman–Crippen LogP) is 2.66. The number of alkyl halides is 3. The summed E-state index contributed by atoms with van der Waals surface area (Å²) in [6.45, 7) is 1.93. The minimum Gasteiger partial charge on any atom is -0.406 e. The molecule has 1 aromatic heterocycles. The highest BCUT2D eigenvalue weighted by Crippen LogP contribution is 2.24. The Hall–Kier alpha value is -2.31. The highest BCUT2D eigenvalue weighted by molar-refractivity contribution is 7.91. The topological polar surface area (TPSA) is 106 Å². The van der Waals surface area contributed by atoms with Gasteiger partial charge in [-0.05, 0) is 43.3 Å². The molecule has 0 atom stereocenters. The summed E-state index contributed by atoms with van der Waals surface area (Å²) in [7, 11) is -3.58. The normalized spacial score (nSPS) is 12.8. The van der Waals surface area contributed by atoms with Gasteiger partial charge in [-0.15, -0.1) is 24.5 Å². The van der Waals surface area contributed by atoms with Crippen molar-refractivity contribution in [2.45, 2.75) is 17.5 Å². The maximum Gasteiger partial charge on any atom is 0.573 e. The van der Waals surface area contributed by atoms with Gasteiger partial charge >= 0.3 is 6.36 Å². The lowest BCUT2D eigenvalue weighted by Gasteiger charge is -2.10. The second-order valence-electron chi connectivity index (χ2n) is 5.23. The molecule has 12 heteroatoms. The van der Waals surface area contributed by atoms with Crippen molar-refractivity contribution in [1.29, 1.82) is 0 Å². The minimum absolute atomic E-state index is 0.00865. The summed E-state index contributed by atoms with van der Waals surface area (Å²) in [5, 5.41) is 2.68. The number of nitrogens with one attached hydrogen (secondary N) is 2. The van der Waals surface area contributed by atoms with E-state index in [-0.39, 0.29) is 29.0 Å². The Labute approximate surface area is 158 Å². The first-order valence-corrected chi connectivity index (χ1v) is 9.84. The highest BCUT2D eigenvalue weighted by Gasteiger charge is 2.30. The average Bonchev–Trinajstić information content (AvgIpc) is 3.00. The van der Waals surface area contributed by atoms with Gasteiger partial charge in [0, 0.05) is 17.1 Å². The molecule has 2 rings (SSSR count). The zero-order valence-electron chi connectivity index (χ0n) is 14.1. The van der Waals surface area contributed by atoms with Crippen LogP contribution < -0.4 is 20.5 Å². The fourth-order valence-electron chi connectivity index (χ4n) is 1.91. The summed E-state index contributed by atoms with van der Waals surface area (Å²) in [6.07, 6.45) is -4.76. The van der Waals surface area contributed by atoms with Crippen LogP contribution in [-0.4, -0.2) is 33.8 Å². The van der Waals surface area contributed by atoms with Gasteiger partial charge < -0.3 is 15.8 Å². The number of benzene rings is 1. The first-order chi connectivity index (χ1) is 12.5. The van der Waals surface area contributed by atoms with Crippen LogP contribution in [0.4, 0.5) is 18.9 Å². The number of hydrogen-bond donors (Lipinski definition) is 3. The number of halogens is 3. The Morgan fingerprint density at radius 3 is 2.44 bits per heavy atom. The predicted molar refractivity (Wildman–Crippen MR) is 97.5 cm³/mol. The first-order valence-electron chi connectivity index (χ1n) is 7.54. The lowest BCUT2D eigenvalue weighted by Crippen LogP contribution is -2.28. The van der Waals surface area contributed by atoms with E-state index in [0.717, 1.165) is 28.3 Å². The van der Waals surface area contributed by atoms with Gasteiger partial charge in [-0.2, -0.15) is 0 Å². The van der Waals surface area contributed by atoms with Gasteiger partial charge in [0.2, 0.25) is 10.0 Å². The molecule has 0 aliphatic carbocycles. The van der Waals surface area contributed by atoms with E-state index >= 15 is 0 Å². The third kappa shape index (κ3) is 7.07. The Morgan fingerprint density at radius 2 is 1.89 bits per heavy atom. The number of ether oxygens (including phenoxy) is 1. The molecule has 0 amide bonds. The molecule has 148 valence electrons. The van der Waals surface area contributed by atoms with Gasteiger partial charge in [-0.3, -0.25) is 4.99 Å². The Morgan fingerprint density at radius 1 is 1.22 bits per heavy atom. The molecule has 0 radical (unpaired) electrons. The van der Waals surface area contributed by atoms with Crippen LogP contribution in [0.3, 0.4) is 0 Å². The van der Waals surface area contributed by atoms with Crippen molar-refractivity contribution in [3.63, 3.8) is 0 Å². The van der Waals surface area contributed by atoms with Crippen molar-refractivity contribution in [2.24, 2.45) is 10.7 Å². The third-order valence-corrected chi connectivity index (χ3v) is 5.98. The number of guanidine groups is 1. The molecular weight excluding hydrogens is 405 g/mol. The lowest BCUT2D eigenvalue weighted by atomic mass is 10.3. The number of nitrogens with two attached hydrogens (primary N) is 1. The number of sulfonamides is 1. The number of thiophene rings is 1. The van der Waals surface area contributed by atoms with Gasteiger partial charge in [-0.1, -0.05) is 0 Å². The van der Waals surface area contributed by atoms with Crippen LogP contribution in [0, 0.1) is 6.92 Å². The molecule has 7 nitrogen and oxygen atoms in total. The number of rotatable bonds is 7. The fraction of sp³-hybridized carbons (Fsp3) is 0.267. The molecule has 1 aromatic carbocycles. The van der Waals surface area contributed by atoms with Crippen molar-refractivity contribution in [1.82, 2.24) is 4.72 Å². The van der Waals surface area contributed by atoms with E-state index in [1.165, 1.54) is 18.2 Å². The fourth-order valence-corrected chi connectivity index (χ4v) is 4.26. The van der Waals surface area contributed by atoms with Crippen LogP contribution in [0.25, 0.3) is 0 Å². The summed E-state index contributed by atoms with van der Waals surface area (Å²) in [6, 6.07) is 8.16. The van der Waals surface area contributed by atoms with Crippen LogP contribution in [-0.2, 0) is 10.0 Å². The number of anilines is 1. The molecule has 4 N–H and O–H groups in total. The second kappa shape index (κ2) is 8.59. The molecule has 0 bridgehead atoms. The van der Waals surface area contributed by atoms with Crippen LogP contribution in [0.2, 0.25) is 0 Å². The van der Waals surface area contributed by atoms with Crippen molar-refractivity contribution >= 4 is 33.0 Å². The van der Waals surface area contributed by atoms with Gasteiger partial charge in [0.15, 0.2) is 5.96 Å². The standard InChI is InChI=1S/C15H17F3N4O3S2/c1-10-2-7-13(26-10)27(23,24)21-9-8-20-14(19)22-11-3-5-12(6-4-11)25-15(16,17)18/h2-7,21H,8-9H2,1H3,(H3,19,20,22). The van der Waals surface area contributed by atoms with E-state index in [9.17, 15) is 21.6 Å². The molecule has 0 aliphatic rings. The summed E-state index contributed by atoms with van der Waals surface area (Å²) < 4.78 is 66.7. The summed E-state index contributed by atoms with van der Waals surface area (Å²) in [4.78, 5) is 4.83. The average molecular weight is 422 g/mol. The first kappa shape index (κ1) is 21.0. The quantitative estimate of drug-likeness (QED) is 0.361. The number of hydrogen-bond acceptors (Lipinski definition) is 5. The third-order valence-electron chi connectivity index (χ3n) is 3.03. The SMILES string of the molecule is Cc1ccc(S(=O)(=O)NCCN=C(N)Nc2ccc(OC(F)(F)F)cc2)s1. The molecule has 0 saturated carbocycles. The van der Waals surface area contributed by atoms with Gasteiger partial charge in [0.25, 0.3) is 0 Å². The van der Waals surface area contributed by atoms with Crippen LogP contribution in [0.15, 0.2) is 45.6 Å². The van der Waals surface area contributed by atoms with E-state index in [1.807, 2.05) is 6.92 Å². The number of nitrogens with zero attached hydrogens (tertiary/aromatic N) is 1. The van der Waals surface area contributed by atoms with Crippen molar-refractivity contribution in [3.05, 3.63) is 41.3 Å². The van der Waals surface area contributed by atoms with Gasteiger partial charge in [-0.25, -0.2) is 13.1 Å². The van der Waals surface area contributed by atoms with E-state index < -0.39 is 16.4 Å². The van der Waals surface area contributed by atoms with Crippen LogP contribution in [0.5, 0.6) is 5.75 Å². The minimum atomic E-state index is -4.76. The van der Waals surface area contributed by atoms with E-state index in [0.29, 0.717) is 5.69 Å². The second-order valence-corrected chi connectivity index (χ2v) is 8.51. The number of aliphatic imine (C=N–C) groups is 1. The maximum atomic E-state index is 12.1. The largest absolute Gasteiger partial charge is 0.573 e. The van der Waals surface area contributed by atoms with Gasteiger partial charge in [0.05, 0.1) is 6.54 Å². The molecule has 1 heterocycles. The van der Waals surface area contributed by atoms with Gasteiger partial charge in [0.1, 0.15) is 9.96 Å². The molecule has 0 spiro atoms. The summed E-state index contributed by atoms with van der Waals surface area (Å²) in [5.41, 5.74) is 6.07. The highest BCUT2D eigenvalue weighted by atomic mass is 32.2. The van der Waals surface area contributed by atoms with Crippen LogP contribution in [0.1, 0.15) is 4.88 Å². The van der Waals surface area contributed by atoms with Crippen LogP contribution >= 0.6 is 11.3 Å². The summed E-state index contributed by atoms with van der Waals surface area (Å²) >= 11 is 1.16. The molecule has 0 aliphatic heterocycles. The van der Waals surface area contributed by atoms with E-state index in [4.69, 9.17) is 5.73 Å².